The molecule has 0 radical (unpaired) electrons. The highest BCUT2D eigenvalue weighted by atomic mass is 16.3. The van der Waals surface area contributed by atoms with Crippen molar-refractivity contribution in [1.82, 2.24) is 4.98 Å². The molecule has 0 unspecified atom stereocenters. The SMILES string of the molecule is CC(C)(C)c1cc(=O)[nH]c(O)c1C#N. The van der Waals surface area contributed by atoms with Crippen LogP contribution in [0, 0.1) is 11.3 Å². The first-order valence-corrected chi connectivity index (χ1v) is 4.23. The van der Waals surface area contributed by atoms with E-state index in [0.717, 1.165) is 0 Å². The average Bonchev–Trinajstić information content (AvgIpc) is 2.01. The van der Waals surface area contributed by atoms with Gasteiger partial charge in [0.1, 0.15) is 11.6 Å². The van der Waals surface area contributed by atoms with Gasteiger partial charge >= 0.3 is 0 Å². The Bertz CT molecular complexity index is 447. The van der Waals surface area contributed by atoms with Crippen LogP contribution in [-0.4, -0.2) is 10.1 Å². The van der Waals surface area contributed by atoms with E-state index in [0.29, 0.717) is 5.56 Å². The van der Waals surface area contributed by atoms with Gasteiger partial charge in [0.2, 0.25) is 5.88 Å². The molecule has 14 heavy (non-hydrogen) atoms. The molecule has 0 amide bonds. The quantitative estimate of drug-likeness (QED) is 0.649. The number of aromatic amines is 1. The summed E-state index contributed by atoms with van der Waals surface area (Å²) < 4.78 is 0. The fourth-order valence-corrected chi connectivity index (χ4v) is 1.25. The summed E-state index contributed by atoms with van der Waals surface area (Å²) in [5.74, 6) is -0.357. The van der Waals surface area contributed by atoms with Crippen LogP contribution in [0.15, 0.2) is 10.9 Å². The molecular weight excluding hydrogens is 180 g/mol. The second-order valence-electron chi connectivity index (χ2n) is 4.13. The number of nitriles is 1. The van der Waals surface area contributed by atoms with E-state index >= 15 is 0 Å². The molecule has 0 spiro atoms. The molecule has 1 aromatic rings. The van der Waals surface area contributed by atoms with Crippen molar-refractivity contribution < 1.29 is 5.11 Å². The summed E-state index contributed by atoms with van der Waals surface area (Å²) >= 11 is 0. The molecule has 1 heterocycles. The van der Waals surface area contributed by atoms with Crippen molar-refractivity contribution in [3.8, 4) is 11.9 Å². The molecule has 0 fully saturated rings. The maximum Gasteiger partial charge on any atom is 0.251 e. The first-order valence-electron chi connectivity index (χ1n) is 4.23. The van der Waals surface area contributed by atoms with Gasteiger partial charge < -0.3 is 5.11 Å². The molecule has 2 N–H and O–H groups in total. The normalized spacial score (nSPS) is 11.0. The summed E-state index contributed by atoms with van der Waals surface area (Å²) in [6, 6.07) is 3.22. The Labute approximate surface area is 81.8 Å². The molecule has 0 saturated carbocycles. The van der Waals surface area contributed by atoms with E-state index in [1.54, 1.807) is 0 Å². The zero-order chi connectivity index (χ0) is 10.9. The van der Waals surface area contributed by atoms with Crippen molar-refractivity contribution in [2.24, 2.45) is 0 Å². The largest absolute Gasteiger partial charge is 0.494 e. The number of rotatable bonds is 0. The third-order valence-corrected chi connectivity index (χ3v) is 1.94. The molecule has 74 valence electrons. The van der Waals surface area contributed by atoms with Gasteiger partial charge in [-0.2, -0.15) is 5.26 Å². The number of hydrogen-bond donors (Lipinski definition) is 2. The Hall–Kier alpha value is -1.76. The Balaban J connectivity index is 3.59. The lowest BCUT2D eigenvalue weighted by atomic mass is 9.85. The summed E-state index contributed by atoms with van der Waals surface area (Å²) in [6.07, 6.45) is 0. The number of H-pyrrole nitrogens is 1. The minimum absolute atomic E-state index is 0.136. The summed E-state index contributed by atoms with van der Waals surface area (Å²) in [7, 11) is 0. The molecule has 0 aliphatic carbocycles. The molecule has 1 rings (SSSR count). The molecule has 0 bridgehead atoms. The highest BCUT2D eigenvalue weighted by Crippen LogP contribution is 2.27. The van der Waals surface area contributed by atoms with Gasteiger partial charge in [0, 0.05) is 6.07 Å². The van der Waals surface area contributed by atoms with Crippen molar-refractivity contribution in [3.63, 3.8) is 0 Å². The van der Waals surface area contributed by atoms with E-state index in [1.807, 2.05) is 26.8 Å². The Morgan fingerprint density at radius 3 is 2.50 bits per heavy atom. The van der Waals surface area contributed by atoms with Crippen molar-refractivity contribution in [2.75, 3.05) is 0 Å². The van der Waals surface area contributed by atoms with Gasteiger partial charge in [-0.3, -0.25) is 9.78 Å². The zero-order valence-corrected chi connectivity index (χ0v) is 8.38. The minimum atomic E-state index is -0.397. The number of hydrogen-bond acceptors (Lipinski definition) is 3. The molecule has 0 saturated heterocycles. The molecule has 4 nitrogen and oxygen atoms in total. The summed E-state index contributed by atoms with van der Waals surface area (Å²) in [4.78, 5) is 13.3. The lowest BCUT2D eigenvalue weighted by Crippen LogP contribution is -2.18. The molecule has 0 aromatic carbocycles. The van der Waals surface area contributed by atoms with Crippen LogP contribution in [0.25, 0.3) is 0 Å². The van der Waals surface area contributed by atoms with Crippen LogP contribution in [-0.2, 0) is 5.41 Å². The predicted molar refractivity (Wildman–Crippen MR) is 52.1 cm³/mol. The van der Waals surface area contributed by atoms with Crippen molar-refractivity contribution in [1.29, 1.82) is 5.26 Å². The first-order chi connectivity index (χ1) is 6.36. The highest BCUT2D eigenvalue weighted by molar-refractivity contribution is 5.46. The average molecular weight is 192 g/mol. The first kappa shape index (κ1) is 10.3. The molecule has 0 atom stereocenters. The summed E-state index contributed by atoms with van der Waals surface area (Å²) in [5.41, 5.74) is -0.0404. The van der Waals surface area contributed by atoms with E-state index in [2.05, 4.69) is 4.98 Å². The third-order valence-electron chi connectivity index (χ3n) is 1.94. The fourth-order valence-electron chi connectivity index (χ4n) is 1.25. The number of aromatic hydroxyl groups is 1. The zero-order valence-electron chi connectivity index (χ0n) is 8.38. The van der Waals surface area contributed by atoms with Gasteiger partial charge in [0.05, 0.1) is 0 Å². The van der Waals surface area contributed by atoms with Crippen molar-refractivity contribution in [2.45, 2.75) is 26.2 Å². The Kier molecular flexibility index (Phi) is 2.35. The highest BCUT2D eigenvalue weighted by Gasteiger charge is 2.21. The number of pyridine rings is 1. The van der Waals surface area contributed by atoms with E-state index in [1.165, 1.54) is 6.07 Å². The fraction of sp³-hybridized carbons (Fsp3) is 0.400. The number of nitrogens with one attached hydrogen (secondary N) is 1. The summed E-state index contributed by atoms with van der Waals surface area (Å²) in [6.45, 7) is 5.63. The van der Waals surface area contributed by atoms with Gasteiger partial charge in [-0.05, 0) is 11.0 Å². The van der Waals surface area contributed by atoms with Crippen LogP contribution in [0.3, 0.4) is 0 Å². The standard InChI is InChI=1S/C10H12N2O2/c1-10(2,3)7-4-8(13)12-9(14)6(7)5-11/h4H,1-3H3,(H2,12,13,14). The molecule has 0 aliphatic rings. The van der Waals surface area contributed by atoms with Gasteiger partial charge in [-0.15, -0.1) is 0 Å². The van der Waals surface area contributed by atoms with Crippen molar-refractivity contribution in [3.05, 3.63) is 27.5 Å². The lowest BCUT2D eigenvalue weighted by molar-refractivity contribution is 0.445. The van der Waals surface area contributed by atoms with Gasteiger partial charge in [-0.25, -0.2) is 0 Å². The smallest absolute Gasteiger partial charge is 0.251 e. The number of nitrogens with zero attached hydrogens (tertiary/aromatic N) is 1. The monoisotopic (exact) mass is 192 g/mol. The Morgan fingerprint density at radius 2 is 2.07 bits per heavy atom. The van der Waals surface area contributed by atoms with Gasteiger partial charge in [-0.1, -0.05) is 20.8 Å². The Morgan fingerprint density at radius 1 is 1.50 bits per heavy atom. The van der Waals surface area contributed by atoms with Crippen LogP contribution < -0.4 is 5.56 Å². The van der Waals surface area contributed by atoms with E-state index < -0.39 is 5.56 Å². The van der Waals surface area contributed by atoms with Crippen LogP contribution in [0.1, 0.15) is 31.9 Å². The second kappa shape index (κ2) is 3.18. The lowest BCUT2D eigenvalue weighted by Gasteiger charge is -2.19. The minimum Gasteiger partial charge on any atom is -0.494 e. The summed E-state index contributed by atoms with van der Waals surface area (Å²) in [5, 5.41) is 18.2. The molecule has 4 heteroatoms. The topological polar surface area (TPSA) is 76.9 Å². The maximum absolute atomic E-state index is 11.1. The van der Waals surface area contributed by atoms with Crippen LogP contribution in [0.2, 0.25) is 0 Å². The molecular formula is C10H12N2O2. The van der Waals surface area contributed by atoms with Crippen LogP contribution in [0.5, 0.6) is 5.88 Å². The van der Waals surface area contributed by atoms with E-state index in [-0.39, 0.29) is 16.9 Å². The number of aromatic nitrogens is 1. The van der Waals surface area contributed by atoms with Crippen LogP contribution >= 0.6 is 0 Å². The predicted octanol–water partition coefficient (Wildman–Crippen LogP) is 1.25. The molecule has 0 aliphatic heterocycles. The van der Waals surface area contributed by atoms with Gasteiger partial charge in [0.25, 0.3) is 5.56 Å². The van der Waals surface area contributed by atoms with E-state index in [4.69, 9.17) is 5.26 Å². The van der Waals surface area contributed by atoms with Gasteiger partial charge in [0.15, 0.2) is 0 Å². The van der Waals surface area contributed by atoms with Crippen LogP contribution in [0.4, 0.5) is 0 Å². The molecule has 1 aromatic heterocycles. The third kappa shape index (κ3) is 1.77. The second-order valence-corrected chi connectivity index (χ2v) is 4.13. The van der Waals surface area contributed by atoms with Crippen molar-refractivity contribution >= 4 is 0 Å². The van der Waals surface area contributed by atoms with E-state index in [9.17, 15) is 9.90 Å². The maximum atomic E-state index is 11.1.